The number of rotatable bonds is 8. The van der Waals surface area contributed by atoms with Crippen LogP contribution in [-0.2, 0) is 19.1 Å². The smallest absolute Gasteiger partial charge is 0.326 e. The highest BCUT2D eigenvalue weighted by molar-refractivity contribution is 5.85. The summed E-state index contributed by atoms with van der Waals surface area (Å²) in [7, 11) is 1.24. The molecule has 0 spiro atoms. The first-order valence-electron chi connectivity index (χ1n) is 6.06. The Bertz CT molecular complexity index is 299. The summed E-state index contributed by atoms with van der Waals surface area (Å²) in [4.78, 5) is 33.7. The van der Waals surface area contributed by atoms with E-state index in [0.717, 1.165) is 0 Å². The molecule has 0 bridgehead atoms. The number of ether oxygens (including phenoxy) is 1. The molecule has 0 aromatic heterocycles. The van der Waals surface area contributed by atoms with Gasteiger partial charge in [-0.3, -0.25) is 9.59 Å². The van der Waals surface area contributed by atoms with Gasteiger partial charge in [-0.15, -0.1) is 0 Å². The first-order chi connectivity index (χ1) is 8.46. The van der Waals surface area contributed by atoms with Gasteiger partial charge in [0.15, 0.2) is 0 Å². The average molecular weight is 259 g/mol. The van der Waals surface area contributed by atoms with Crippen molar-refractivity contribution in [3.63, 3.8) is 0 Å². The summed E-state index contributed by atoms with van der Waals surface area (Å²) in [6.45, 7) is 3.75. The summed E-state index contributed by atoms with van der Waals surface area (Å²) in [5.74, 6) is -2.10. The minimum absolute atomic E-state index is 0.0311. The molecule has 104 valence electrons. The normalized spacial score (nSPS) is 12.0. The number of aliphatic carboxylic acids is 1. The van der Waals surface area contributed by atoms with E-state index >= 15 is 0 Å². The molecule has 1 unspecified atom stereocenters. The van der Waals surface area contributed by atoms with E-state index in [2.05, 4.69) is 10.1 Å². The Balaban J connectivity index is 4.40. The van der Waals surface area contributed by atoms with Crippen molar-refractivity contribution in [2.45, 2.75) is 45.6 Å². The molecule has 0 saturated heterocycles. The maximum absolute atomic E-state index is 11.7. The zero-order chi connectivity index (χ0) is 14.1. The zero-order valence-electron chi connectivity index (χ0n) is 11.1. The molecule has 1 amide bonds. The van der Waals surface area contributed by atoms with Gasteiger partial charge >= 0.3 is 11.9 Å². The maximum atomic E-state index is 11.7. The number of hydrogen-bond acceptors (Lipinski definition) is 4. The first kappa shape index (κ1) is 16.4. The molecule has 0 aliphatic rings. The van der Waals surface area contributed by atoms with Gasteiger partial charge in [-0.1, -0.05) is 13.8 Å². The number of hydrogen-bond donors (Lipinski definition) is 2. The molecule has 1 atom stereocenters. The van der Waals surface area contributed by atoms with Crippen LogP contribution < -0.4 is 5.32 Å². The van der Waals surface area contributed by atoms with Crippen LogP contribution in [0.5, 0.6) is 0 Å². The Hall–Kier alpha value is -1.59. The molecular formula is C12H21NO5. The molecule has 18 heavy (non-hydrogen) atoms. The summed E-state index contributed by atoms with van der Waals surface area (Å²) in [5.41, 5.74) is 0. The fraction of sp³-hybridized carbons (Fsp3) is 0.750. The van der Waals surface area contributed by atoms with Gasteiger partial charge in [-0.25, -0.2) is 4.79 Å². The summed E-state index contributed by atoms with van der Waals surface area (Å²) in [6.07, 6.45) is 1.32. The highest BCUT2D eigenvalue weighted by Gasteiger charge is 2.24. The highest BCUT2D eigenvalue weighted by Crippen LogP contribution is 2.09. The second-order valence-electron chi connectivity index (χ2n) is 4.03. The van der Waals surface area contributed by atoms with Gasteiger partial charge in [0.1, 0.15) is 6.04 Å². The molecule has 0 aliphatic heterocycles. The second kappa shape index (κ2) is 8.49. The minimum Gasteiger partial charge on any atom is -0.480 e. The Kier molecular flexibility index (Phi) is 7.74. The summed E-state index contributed by atoms with van der Waals surface area (Å²) >= 11 is 0. The fourth-order valence-corrected chi connectivity index (χ4v) is 1.57. The summed E-state index contributed by atoms with van der Waals surface area (Å²) < 4.78 is 4.43. The van der Waals surface area contributed by atoms with E-state index in [0.29, 0.717) is 12.8 Å². The van der Waals surface area contributed by atoms with Crippen molar-refractivity contribution in [1.29, 1.82) is 0 Å². The molecular weight excluding hydrogens is 238 g/mol. The summed E-state index contributed by atoms with van der Waals surface area (Å²) in [5, 5.41) is 11.4. The minimum atomic E-state index is -1.14. The molecule has 0 rings (SSSR count). The number of carbonyl (C=O) groups is 3. The third-order valence-electron chi connectivity index (χ3n) is 2.84. The van der Waals surface area contributed by atoms with Gasteiger partial charge in [-0.2, -0.15) is 0 Å². The Morgan fingerprint density at radius 1 is 1.22 bits per heavy atom. The second-order valence-corrected chi connectivity index (χ2v) is 4.03. The van der Waals surface area contributed by atoms with Gasteiger partial charge in [0.2, 0.25) is 5.91 Å². The van der Waals surface area contributed by atoms with Gasteiger partial charge in [-0.05, 0) is 19.3 Å². The number of carbonyl (C=O) groups excluding carboxylic acids is 2. The molecule has 0 aromatic carbocycles. The zero-order valence-corrected chi connectivity index (χ0v) is 11.1. The number of esters is 1. The number of carboxylic acid groups (broad SMARTS) is 1. The van der Waals surface area contributed by atoms with E-state index in [1.807, 2.05) is 13.8 Å². The lowest BCUT2D eigenvalue weighted by Gasteiger charge is -2.18. The molecule has 0 aliphatic carbocycles. The van der Waals surface area contributed by atoms with Crippen LogP contribution in [0.25, 0.3) is 0 Å². The standard InChI is InChI=1S/C12H21NO5/c1-4-8(5-2)11(15)13-9(12(16)17)6-7-10(14)18-3/h8-9H,4-7H2,1-3H3,(H,13,15)(H,16,17). The average Bonchev–Trinajstić information content (AvgIpc) is 2.34. The largest absolute Gasteiger partial charge is 0.480 e. The highest BCUT2D eigenvalue weighted by atomic mass is 16.5. The third kappa shape index (κ3) is 5.65. The Morgan fingerprint density at radius 2 is 1.78 bits per heavy atom. The van der Waals surface area contributed by atoms with Crippen LogP contribution in [-0.4, -0.2) is 36.1 Å². The number of methoxy groups -OCH3 is 1. The predicted octanol–water partition coefficient (Wildman–Crippen LogP) is 0.945. The van der Waals surface area contributed by atoms with Crippen molar-refractivity contribution < 1.29 is 24.2 Å². The molecule has 0 heterocycles. The maximum Gasteiger partial charge on any atom is 0.326 e. The van der Waals surface area contributed by atoms with E-state index < -0.39 is 18.0 Å². The predicted molar refractivity (Wildman–Crippen MR) is 64.9 cm³/mol. The third-order valence-corrected chi connectivity index (χ3v) is 2.84. The van der Waals surface area contributed by atoms with Gasteiger partial charge in [0.05, 0.1) is 7.11 Å². The van der Waals surface area contributed by atoms with E-state index in [1.54, 1.807) is 0 Å². The van der Waals surface area contributed by atoms with Crippen LogP contribution in [0.15, 0.2) is 0 Å². The van der Waals surface area contributed by atoms with Crippen molar-refractivity contribution in [2.75, 3.05) is 7.11 Å². The Labute approximate surface area is 107 Å². The molecule has 2 N–H and O–H groups in total. The monoisotopic (exact) mass is 259 g/mol. The van der Waals surface area contributed by atoms with Crippen LogP contribution in [0.3, 0.4) is 0 Å². The molecule has 0 aromatic rings. The van der Waals surface area contributed by atoms with E-state index in [4.69, 9.17) is 5.11 Å². The van der Waals surface area contributed by atoms with Gasteiger partial charge < -0.3 is 15.2 Å². The van der Waals surface area contributed by atoms with Crippen LogP contribution in [0, 0.1) is 5.92 Å². The van der Waals surface area contributed by atoms with Crippen LogP contribution in [0.4, 0.5) is 0 Å². The lowest BCUT2D eigenvalue weighted by atomic mass is 10.0. The lowest BCUT2D eigenvalue weighted by molar-refractivity contribution is -0.144. The van der Waals surface area contributed by atoms with Gasteiger partial charge in [0.25, 0.3) is 0 Å². The molecule has 0 radical (unpaired) electrons. The van der Waals surface area contributed by atoms with Gasteiger partial charge in [0, 0.05) is 12.3 Å². The van der Waals surface area contributed by atoms with E-state index in [1.165, 1.54) is 7.11 Å². The van der Waals surface area contributed by atoms with Crippen molar-refractivity contribution in [3.8, 4) is 0 Å². The Morgan fingerprint density at radius 3 is 2.17 bits per heavy atom. The van der Waals surface area contributed by atoms with Crippen LogP contribution in [0.2, 0.25) is 0 Å². The van der Waals surface area contributed by atoms with E-state index in [9.17, 15) is 14.4 Å². The fourth-order valence-electron chi connectivity index (χ4n) is 1.57. The van der Waals surface area contributed by atoms with E-state index in [-0.39, 0.29) is 24.7 Å². The number of nitrogens with one attached hydrogen (secondary N) is 1. The van der Waals surface area contributed by atoms with Crippen LogP contribution >= 0.6 is 0 Å². The molecule has 0 saturated carbocycles. The first-order valence-corrected chi connectivity index (χ1v) is 6.06. The van der Waals surface area contributed by atoms with Crippen molar-refractivity contribution in [2.24, 2.45) is 5.92 Å². The molecule has 6 heteroatoms. The van der Waals surface area contributed by atoms with Crippen molar-refractivity contribution in [3.05, 3.63) is 0 Å². The van der Waals surface area contributed by atoms with Crippen molar-refractivity contribution >= 4 is 17.8 Å². The number of amides is 1. The summed E-state index contributed by atoms with van der Waals surface area (Å²) in [6, 6.07) is -1.04. The molecule has 0 fully saturated rings. The molecule has 6 nitrogen and oxygen atoms in total. The number of carboxylic acids is 1. The van der Waals surface area contributed by atoms with Crippen molar-refractivity contribution in [1.82, 2.24) is 5.32 Å². The van der Waals surface area contributed by atoms with Crippen LogP contribution in [0.1, 0.15) is 39.5 Å². The SMILES string of the molecule is CCC(CC)C(=O)NC(CCC(=O)OC)C(=O)O. The lowest BCUT2D eigenvalue weighted by Crippen LogP contribution is -2.43. The topological polar surface area (TPSA) is 92.7 Å². The quantitative estimate of drug-likeness (QED) is 0.633.